The molecule has 2 aromatic carbocycles. The van der Waals surface area contributed by atoms with Crippen molar-refractivity contribution < 1.29 is 46.8 Å². The summed E-state index contributed by atoms with van der Waals surface area (Å²) in [5, 5.41) is 2.46. The molecular formula is C29H30F2N2O8. The van der Waals surface area contributed by atoms with Gasteiger partial charge in [-0.1, -0.05) is 24.3 Å². The SMILES string of the molecule is COc1ccnc(C(=O)N[C@@H](C)C(=O)OC(C)C(c2cccc(F)c2OC)c2cccc(F)c2OC)c1OC(C)=O. The van der Waals surface area contributed by atoms with Gasteiger partial charge < -0.3 is 29.0 Å². The van der Waals surface area contributed by atoms with Crippen molar-refractivity contribution in [1.29, 1.82) is 0 Å². The lowest BCUT2D eigenvalue weighted by atomic mass is 9.85. The van der Waals surface area contributed by atoms with Gasteiger partial charge in [0.2, 0.25) is 5.75 Å². The number of hydrogen-bond donors (Lipinski definition) is 1. The highest BCUT2D eigenvalue weighted by Crippen LogP contribution is 2.41. The van der Waals surface area contributed by atoms with Crippen molar-refractivity contribution in [2.45, 2.75) is 38.8 Å². The van der Waals surface area contributed by atoms with E-state index in [0.717, 1.165) is 6.92 Å². The first-order valence-electron chi connectivity index (χ1n) is 12.4. The van der Waals surface area contributed by atoms with Gasteiger partial charge in [0.05, 0.1) is 27.2 Å². The van der Waals surface area contributed by atoms with E-state index in [0.29, 0.717) is 0 Å². The summed E-state index contributed by atoms with van der Waals surface area (Å²) < 4.78 is 55.9. The first-order valence-corrected chi connectivity index (χ1v) is 12.4. The highest BCUT2D eigenvalue weighted by molar-refractivity contribution is 5.98. The Balaban J connectivity index is 1.92. The Morgan fingerprint density at radius 2 is 1.39 bits per heavy atom. The summed E-state index contributed by atoms with van der Waals surface area (Å²) in [7, 11) is 3.89. The molecule has 0 spiro atoms. The maximum Gasteiger partial charge on any atom is 0.328 e. The summed E-state index contributed by atoms with van der Waals surface area (Å²) in [5.41, 5.74) is 0.263. The molecule has 0 fully saturated rings. The molecule has 0 aliphatic carbocycles. The summed E-state index contributed by atoms with van der Waals surface area (Å²) in [6, 6.07) is 8.62. The van der Waals surface area contributed by atoms with Crippen molar-refractivity contribution >= 4 is 17.8 Å². The molecule has 0 saturated heterocycles. The molecule has 0 radical (unpaired) electrons. The summed E-state index contributed by atoms with van der Waals surface area (Å²) in [6.07, 6.45) is 0.245. The van der Waals surface area contributed by atoms with E-state index < -0.39 is 47.5 Å². The van der Waals surface area contributed by atoms with Gasteiger partial charge in [-0.3, -0.25) is 9.59 Å². The van der Waals surface area contributed by atoms with Crippen LogP contribution in [0.25, 0.3) is 0 Å². The normalized spacial score (nSPS) is 12.2. The van der Waals surface area contributed by atoms with E-state index in [9.17, 15) is 23.2 Å². The zero-order valence-electron chi connectivity index (χ0n) is 23.3. The number of hydrogen-bond acceptors (Lipinski definition) is 9. The van der Waals surface area contributed by atoms with Crippen molar-refractivity contribution in [2.24, 2.45) is 0 Å². The number of amides is 1. The van der Waals surface area contributed by atoms with Crippen molar-refractivity contribution in [3.05, 3.63) is 77.1 Å². The van der Waals surface area contributed by atoms with Crippen LogP contribution in [0.1, 0.15) is 48.3 Å². The molecule has 0 bridgehead atoms. The van der Waals surface area contributed by atoms with Crippen LogP contribution in [0.2, 0.25) is 0 Å². The molecule has 10 nitrogen and oxygen atoms in total. The first kappa shape index (κ1) is 30.8. The van der Waals surface area contributed by atoms with E-state index in [1.54, 1.807) is 12.1 Å². The Hall–Kier alpha value is -4.74. The number of benzene rings is 2. The number of carbonyl (C=O) groups is 3. The maximum absolute atomic E-state index is 14.7. The maximum atomic E-state index is 14.7. The Labute approximate surface area is 235 Å². The largest absolute Gasteiger partial charge is 0.493 e. The van der Waals surface area contributed by atoms with E-state index >= 15 is 0 Å². The van der Waals surface area contributed by atoms with Crippen LogP contribution >= 0.6 is 0 Å². The summed E-state index contributed by atoms with van der Waals surface area (Å²) in [5.74, 6) is -5.05. The van der Waals surface area contributed by atoms with Gasteiger partial charge >= 0.3 is 11.9 Å². The van der Waals surface area contributed by atoms with Gasteiger partial charge in [-0.05, 0) is 26.0 Å². The summed E-state index contributed by atoms with van der Waals surface area (Å²) in [4.78, 5) is 41.6. The van der Waals surface area contributed by atoms with Gasteiger partial charge in [-0.25, -0.2) is 18.6 Å². The molecule has 2 atom stereocenters. The highest BCUT2D eigenvalue weighted by atomic mass is 19.1. The first-order chi connectivity index (χ1) is 19.5. The molecule has 0 aliphatic rings. The third-order valence-electron chi connectivity index (χ3n) is 6.10. The van der Waals surface area contributed by atoms with Crippen molar-refractivity contribution in [3.8, 4) is 23.0 Å². The second kappa shape index (κ2) is 13.6. The molecule has 0 aliphatic heterocycles. The van der Waals surface area contributed by atoms with E-state index in [2.05, 4.69) is 10.3 Å². The minimum atomic E-state index is -1.22. The number of nitrogens with zero attached hydrogens (tertiary/aromatic N) is 1. The van der Waals surface area contributed by atoms with Crippen molar-refractivity contribution in [1.82, 2.24) is 10.3 Å². The van der Waals surface area contributed by atoms with Gasteiger partial charge in [0, 0.05) is 30.3 Å². The van der Waals surface area contributed by atoms with Crippen LogP contribution in [0.15, 0.2) is 48.7 Å². The molecule has 1 amide bonds. The molecule has 3 aromatic rings. The van der Waals surface area contributed by atoms with Crippen LogP contribution in [0.3, 0.4) is 0 Å². The zero-order chi connectivity index (χ0) is 30.3. The predicted octanol–water partition coefficient (Wildman–Crippen LogP) is 4.19. The molecule has 1 heterocycles. The fourth-order valence-corrected chi connectivity index (χ4v) is 4.32. The van der Waals surface area contributed by atoms with E-state index in [1.165, 1.54) is 71.7 Å². The number of carbonyl (C=O) groups excluding carboxylic acids is 3. The monoisotopic (exact) mass is 572 g/mol. The second-order valence-corrected chi connectivity index (χ2v) is 8.82. The second-order valence-electron chi connectivity index (χ2n) is 8.82. The van der Waals surface area contributed by atoms with Crippen LogP contribution in [0.5, 0.6) is 23.0 Å². The van der Waals surface area contributed by atoms with Crippen LogP contribution in [-0.2, 0) is 14.3 Å². The number of para-hydroxylation sites is 2. The smallest absolute Gasteiger partial charge is 0.328 e. The fraction of sp³-hybridized carbons (Fsp3) is 0.310. The lowest BCUT2D eigenvalue weighted by molar-refractivity contribution is -0.150. The minimum Gasteiger partial charge on any atom is -0.493 e. The molecule has 1 N–H and O–H groups in total. The van der Waals surface area contributed by atoms with Crippen LogP contribution in [0.4, 0.5) is 8.78 Å². The Morgan fingerprint density at radius 1 is 0.829 bits per heavy atom. The van der Waals surface area contributed by atoms with Gasteiger partial charge in [-0.15, -0.1) is 0 Å². The number of nitrogens with one attached hydrogen (secondary N) is 1. The number of halogens is 2. The average molecular weight is 573 g/mol. The molecule has 1 unspecified atom stereocenters. The van der Waals surface area contributed by atoms with Gasteiger partial charge in [0.25, 0.3) is 5.91 Å². The minimum absolute atomic E-state index is 0.0834. The van der Waals surface area contributed by atoms with Gasteiger partial charge in [0.15, 0.2) is 34.6 Å². The quantitative estimate of drug-likeness (QED) is 0.337. The number of rotatable bonds is 11. The molecule has 218 valence electrons. The number of pyridine rings is 1. The topological polar surface area (TPSA) is 122 Å². The van der Waals surface area contributed by atoms with Crippen LogP contribution in [-0.4, -0.2) is 56.3 Å². The predicted molar refractivity (Wildman–Crippen MR) is 142 cm³/mol. The molecule has 0 saturated carbocycles. The highest BCUT2D eigenvalue weighted by Gasteiger charge is 2.33. The third-order valence-corrected chi connectivity index (χ3v) is 6.10. The van der Waals surface area contributed by atoms with Gasteiger partial charge in [-0.2, -0.15) is 0 Å². The van der Waals surface area contributed by atoms with E-state index in [-0.39, 0.29) is 39.8 Å². The van der Waals surface area contributed by atoms with Crippen molar-refractivity contribution in [3.63, 3.8) is 0 Å². The number of ether oxygens (including phenoxy) is 5. The zero-order valence-corrected chi connectivity index (χ0v) is 23.3. The Bertz CT molecular complexity index is 1380. The molecular weight excluding hydrogens is 542 g/mol. The van der Waals surface area contributed by atoms with Crippen LogP contribution in [0, 0.1) is 11.6 Å². The lowest BCUT2D eigenvalue weighted by Crippen LogP contribution is -2.41. The fourth-order valence-electron chi connectivity index (χ4n) is 4.32. The standard InChI is InChI=1S/C29H30F2N2O8/c1-15(33-28(35)24-27(41-17(3)34)22(37-4)13-14-32-24)29(36)40-16(2)23(18-9-7-11-20(30)25(18)38-5)19-10-8-12-21(31)26(19)39-6/h7-16,23H,1-6H3,(H,33,35)/t15-,16?/m0/s1. The average Bonchev–Trinajstić information content (AvgIpc) is 2.93. The number of aromatic nitrogens is 1. The molecule has 1 aromatic heterocycles. The van der Waals surface area contributed by atoms with E-state index in [4.69, 9.17) is 23.7 Å². The number of esters is 2. The molecule has 41 heavy (non-hydrogen) atoms. The third kappa shape index (κ3) is 6.89. The molecule has 12 heteroatoms. The Kier molecular flexibility index (Phi) is 10.2. The van der Waals surface area contributed by atoms with Crippen molar-refractivity contribution in [2.75, 3.05) is 21.3 Å². The Morgan fingerprint density at radius 3 is 1.88 bits per heavy atom. The number of methoxy groups -OCH3 is 3. The van der Waals surface area contributed by atoms with E-state index in [1.807, 2.05) is 0 Å². The lowest BCUT2D eigenvalue weighted by Gasteiger charge is -2.28. The molecule has 3 rings (SSSR count). The van der Waals surface area contributed by atoms with Gasteiger partial charge in [0.1, 0.15) is 12.1 Å². The summed E-state index contributed by atoms with van der Waals surface area (Å²) in [6.45, 7) is 4.06. The van der Waals surface area contributed by atoms with Crippen LogP contribution < -0.4 is 24.3 Å². The summed E-state index contributed by atoms with van der Waals surface area (Å²) >= 11 is 0.